The number of phenols is 1. The highest BCUT2D eigenvalue weighted by atomic mass is 16.6. The molecule has 1 heterocycles. The molecule has 0 aliphatic heterocycles. The van der Waals surface area contributed by atoms with Crippen molar-refractivity contribution in [1.29, 1.82) is 0 Å². The van der Waals surface area contributed by atoms with E-state index in [0.29, 0.717) is 5.42 Å². The van der Waals surface area contributed by atoms with Gasteiger partial charge in [0.2, 0.25) is 5.43 Å². The minimum absolute atomic E-state index is 0.0121. The third-order valence-electron chi connectivity index (χ3n) is 3.58. The predicted molar refractivity (Wildman–Crippen MR) is 75.5 cm³/mol. The second kappa shape index (κ2) is 4.61. The van der Waals surface area contributed by atoms with Crippen LogP contribution in [0.4, 0.5) is 0 Å². The molecule has 1 aromatic heterocycles. The van der Waals surface area contributed by atoms with Crippen LogP contribution in [0.15, 0.2) is 21.3 Å². The van der Waals surface area contributed by atoms with E-state index in [9.17, 15) is 15.0 Å². The highest BCUT2D eigenvalue weighted by molar-refractivity contribution is 5.86. The number of aliphatic hydroxyl groups is 1. The van der Waals surface area contributed by atoms with Crippen LogP contribution >= 0.6 is 0 Å². The Balaban J connectivity index is 2.47. The molecule has 6 heteroatoms. The van der Waals surface area contributed by atoms with Gasteiger partial charge in [-0.25, -0.2) is 0 Å². The summed E-state index contributed by atoms with van der Waals surface area (Å²) in [5, 5.41) is 20.4. The first-order valence-corrected chi connectivity index (χ1v) is 6.32. The summed E-state index contributed by atoms with van der Waals surface area (Å²) >= 11 is 0. The molecule has 0 spiro atoms. The smallest absolute Gasteiger partial charge is 0.204 e. The van der Waals surface area contributed by atoms with Gasteiger partial charge in [0.05, 0.1) is 12.3 Å². The van der Waals surface area contributed by atoms with Crippen molar-refractivity contribution in [1.82, 2.24) is 0 Å². The number of methoxy groups -OCH3 is 2. The lowest BCUT2D eigenvalue weighted by Crippen LogP contribution is -2.46. The molecule has 1 aromatic carbocycles. The lowest BCUT2D eigenvalue weighted by atomic mass is 10.0. The topological polar surface area (TPSA) is 89.1 Å². The molecule has 0 bridgehead atoms. The fourth-order valence-corrected chi connectivity index (χ4v) is 2.40. The van der Waals surface area contributed by atoms with Gasteiger partial charge >= 0.3 is 0 Å². The van der Waals surface area contributed by atoms with Gasteiger partial charge in [-0.3, -0.25) is 4.79 Å². The summed E-state index contributed by atoms with van der Waals surface area (Å²) < 4.78 is 15.6. The van der Waals surface area contributed by atoms with Gasteiger partial charge in [0.1, 0.15) is 16.4 Å². The van der Waals surface area contributed by atoms with E-state index in [4.69, 9.17) is 13.9 Å². The number of aromatic hydroxyl groups is 1. The Bertz CT molecular complexity index is 895. The summed E-state index contributed by atoms with van der Waals surface area (Å²) in [5.74, 6) is -1.66. The Morgan fingerprint density at radius 1 is 1.33 bits per heavy atom. The molecule has 0 radical (unpaired) electrons. The predicted octanol–water partition coefficient (Wildman–Crippen LogP) is -0.193. The molecule has 110 valence electrons. The maximum Gasteiger partial charge on any atom is 0.204 e. The van der Waals surface area contributed by atoms with Crippen LogP contribution in [0.3, 0.4) is 0 Å². The molecule has 0 amide bonds. The van der Waals surface area contributed by atoms with E-state index in [1.807, 2.05) is 0 Å². The average molecular weight is 290 g/mol. The van der Waals surface area contributed by atoms with Crippen LogP contribution in [-0.2, 0) is 4.74 Å². The van der Waals surface area contributed by atoms with Crippen molar-refractivity contribution in [3.05, 3.63) is 33.0 Å². The molecule has 1 unspecified atom stereocenters. The van der Waals surface area contributed by atoms with Crippen LogP contribution in [0.1, 0.15) is 6.42 Å². The summed E-state index contributed by atoms with van der Waals surface area (Å²) in [4.78, 5) is 12.6. The van der Waals surface area contributed by atoms with Crippen LogP contribution in [0.5, 0.6) is 11.5 Å². The van der Waals surface area contributed by atoms with Gasteiger partial charge in [0.25, 0.3) is 0 Å². The van der Waals surface area contributed by atoms with E-state index >= 15 is 0 Å². The molecule has 0 fully saturated rings. The van der Waals surface area contributed by atoms with Crippen molar-refractivity contribution in [3.8, 4) is 11.5 Å². The zero-order valence-corrected chi connectivity index (χ0v) is 11.5. The molecule has 3 rings (SSSR count). The summed E-state index contributed by atoms with van der Waals surface area (Å²) in [6, 6.07) is 3.07. The third-order valence-corrected chi connectivity index (χ3v) is 3.58. The lowest BCUT2D eigenvalue weighted by molar-refractivity contribution is -0.127. The van der Waals surface area contributed by atoms with E-state index in [1.54, 1.807) is 12.1 Å². The largest absolute Gasteiger partial charge is 0.504 e. The summed E-state index contributed by atoms with van der Waals surface area (Å²) in [6.07, 6.45) is 3.06. The number of phenolic OH excluding ortho intramolecular Hbond substituents is 1. The van der Waals surface area contributed by atoms with Crippen molar-refractivity contribution in [2.24, 2.45) is 0 Å². The van der Waals surface area contributed by atoms with Crippen LogP contribution < -0.4 is 20.8 Å². The summed E-state index contributed by atoms with van der Waals surface area (Å²) in [5.41, 5.74) is 0.150. The molecule has 1 atom stereocenters. The van der Waals surface area contributed by atoms with Crippen molar-refractivity contribution < 1.29 is 24.1 Å². The molecule has 0 saturated heterocycles. The second-order valence-corrected chi connectivity index (χ2v) is 4.80. The highest BCUT2D eigenvalue weighted by Gasteiger charge is 2.26. The Morgan fingerprint density at radius 3 is 2.76 bits per heavy atom. The van der Waals surface area contributed by atoms with Crippen molar-refractivity contribution in [2.75, 3.05) is 14.2 Å². The summed E-state index contributed by atoms with van der Waals surface area (Å²) in [7, 11) is 2.74. The maximum atomic E-state index is 12.6. The van der Waals surface area contributed by atoms with E-state index < -0.39 is 11.2 Å². The average Bonchev–Trinajstić information content (AvgIpc) is 2.48. The van der Waals surface area contributed by atoms with Gasteiger partial charge < -0.3 is 24.1 Å². The molecule has 6 nitrogen and oxygen atoms in total. The molecule has 21 heavy (non-hydrogen) atoms. The Labute approximate surface area is 119 Å². The first-order valence-electron chi connectivity index (χ1n) is 6.32. The maximum absolute atomic E-state index is 12.6. The Kier molecular flexibility index (Phi) is 3.00. The van der Waals surface area contributed by atoms with Gasteiger partial charge in [0, 0.05) is 13.5 Å². The van der Waals surface area contributed by atoms with Gasteiger partial charge in [-0.15, -0.1) is 0 Å². The van der Waals surface area contributed by atoms with E-state index in [0.717, 1.165) is 0 Å². The van der Waals surface area contributed by atoms with Crippen LogP contribution in [0, 0.1) is 0 Å². The van der Waals surface area contributed by atoms with Gasteiger partial charge in [-0.05, 0) is 24.3 Å². The first kappa shape index (κ1) is 13.7. The van der Waals surface area contributed by atoms with Gasteiger partial charge in [0.15, 0.2) is 17.3 Å². The quantitative estimate of drug-likeness (QED) is 0.745. The van der Waals surface area contributed by atoms with Crippen molar-refractivity contribution >= 4 is 23.1 Å². The van der Waals surface area contributed by atoms with Crippen LogP contribution in [-0.4, -0.2) is 30.2 Å². The Hall–Kier alpha value is -2.31. The van der Waals surface area contributed by atoms with E-state index in [1.165, 1.54) is 26.4 Å². The molecule has 2 aromatic rings. The number of hydrogen-bond donors (Lipinski definition) is 2. The second-order valence-electron chi connectivity index (χ2n) is 4.80. The molecular formula is C15H14O6. The van der Waals surface area contributed by atoms with E-state index in [-0.39, 0.29) is 34.1 Å². The third kappa shape index (κ3) is 2.00. The van der Waals surface area contributed by atoms with Gasteiger partial charge in [-0.2, -0.15) is 0 Å². The number of rotatable bonds is 2. The summed E-state index contributed by atoms with van der Waals surface area (Å²) in [6.45, 7) is 0. The number of ether oxygens (including phenoxy) is 2. The Morgan fingerprint density at radius 2 is 2.10 bits per heavy atom. The number of benzene rings is 1. The number of hydrogen-bond acceptors (Lipinski definition) is 6. The van der Waals surface area contributed by atoms with Crippen LogP contribution in [0.2, 0.25) is 0 Å². The molecule has 0 saturated carbocycles. The normalized spacial score (nSPS) is 20.5. The highest BCUT2D eigenvalue weighted by Crippen LogP contribution is 2.31. The van der Waals surface area contributed by atoms with E-state index in [2.05, 4.69) is 0 Å². The minimum atomic E-state index is -1.55. The van der Waals surface area contributed by atoms with Crippen LogP contribution in [0.25, 0.3) is 23.1 Å². The zero-order valence-electron chi connectivity index (χ0n) is 11.5. The zero-order chi connectivity index (χ0) is 15.2. The van der Waals surface area contributed by atoms with Crippen molar-refractivity contribution in [2.45, 2.75) is 12.2 Å². The fraction of sp³-hybridized carbons (Fsp3) is 0.267. The molecule has 2 N–H and O–H groups in total. The fourth-order valence-electron chi connectivity index (χ4n) is 2.40. The van der Waals surface area contributed by atoms with Crippen molar-refractivity contribution in [3.63, 3.8) is 0 Å². The first-order chi connectivity index (χ1) is 9.99. The monoisotopic (exact) mass is 290 g/mol. The van der Waals surface area contributed by atoms with Gasteiger partial charge in [-0.1, -0.05) is 0 Å². The minimum Gasteiger partial charge on any atom is -0.504 e. The lowest BCUT2D eigenvalue weighted by Gasteiger charge is -2.22. The molecule has 1 aliphatic rings. The molecule has 1 aliphatic carbocycles. The molecular weight excluding hydrogens is 276 g/mol. The number of fused-ring (bicyclic) bond motifs is 2. The standard InChI is InChI=1S/C15H14O6/c1-19-11-4-3-10-12(14(11)17)13(16)8-7-15(18,20-2)6-5-9(8)21-10/h3-5,7,17-18H,6H2,1-2H3. The SMILES string of the molecule is COc1ccc2oc3c(c(=O)c2c1O)=CC(O)(OC)CC=3.